The average Bonchev–Trinajstić information content (AvgIpc) is 3.20. The molecule has 1 saturated carbocycles. The molecule has 1 aliphatic carbocycles. The van der Waals surface area contributed by atoms with E-state index in [1.807, 2.05) is 6.92 Å². The van der Waals surface area contributed by atoms with E-state index in [1.54, 1.807) is 6.07 Å². The molecular weight excluding hydrogens is 305 g/mol. The molecule has 23 heavy (non-hydrogen) atoms. The van der Waals surface area contributed by atoms with Crippen LogP contribution < -0.4 is 10.6 Å². The van der Waals surface area contributed by atoms with Gasteiger partial charge in [-0.15, -0.1) is 0 Å². The lowest BCUT2D eigenvalue weighted by atomic mass is 9.90. The highest BCUT2D eigenvalue weighted by molar-refractivity contribution is 5.92. The second-order valence-electron chi connectivity index (χ2n) is 6.65. The van der Waals surface area contributed by atoms with E-state index in [1.165, 1.54) is 6.07 Å². The van der Waals surface area contributed by atoms with Crippen LogP contribution in [0.2, 0.25) is 0 Å². The summed E-state index contributed by atoms with van der Waals surface area (Å²) in [5, 5.41) is 6.28. The van der Waals surface area contributed by atoms with Gasteiger partial charge in [-0.2, -0.15) is 13.2 Å². The molecule has 3 rings (SSSR count). The van der Waals surface area contributed by atoms with E-state index in [2.05, 4.69) is 10.6 Å². The van der Waals surface area contributed by atoms with E-state index in [0.29, 0.717) is 12.0 Å². The van der Waals surface area contributed by atoms with Crippen molar-refractivity contribution in [2.75, 3.05) is 13.1 Å². The average molecular weight is 326 g/mol. The largest absolute Gasteiger partial charge is 0.416 e. The number of hydrogen-bond acceptors (Lipinski definition) is 2. The minimum Gasteiger partial charge on any atom is -0.352 e. The predicted octanol–water partition coefficient (Wildman–Crippen LogP) is 2.85. The number of carbonyl (C=O) groups excluding carboxylic acids is 1. The van der Waals surface area contributed by atoms with Gasteiger partial charge in [0.15, 0.2) is 0 Å². The second-order valence-corrected chi connectivity index (χ2v) is 6.65. The molecule has 2 unspecified atom stereocenters. The van der Waals surface area contributed by atoms with Crippen LogP contribution in [0.1, 0.15) is 37.3 Å². The molecule has 6 heteroatoms. The van der Waals surface area contributed by atoms with Crippen molar-refractivity contribution in [3.8, 4) is 0 Å². The van der Waals surface area contributed by atoms with Crippen molar-refractivity contribution in [3.63, 3.8) is 0 Å². The molecule has 0 bridgehead atoms. The summed E-state index contributed by atoms with van der Waals surface area (Å²) in [6.07, 6.45) is -2.07. The summed E-state index contributed by atoms with van der Waals surface area (Å²) < 4.78 is 38.8. The quantitative estimate of drug-likeness (QED) is 0.897. The van der Waals surface area contributed by atoms with Crippen LogP contribution in [-0.4, -0.2) is 25.0 Å². The molecule has 1 heterocycles. The Hall–Kier alpha value is -1.56. The lowest BCUT2D eigenvalue weighted by molar-refractivity contribution is -0.137. The molecule has 1 aliphatic heterocycles. The van der Waals surface area contributed by atoms with Gasteiger partial charge in [-0.05, 0) is 49.9 Å². The molecule has 0 spiro atoms. The van der Waals surface area contributed by atoms with Gasteiger partial charge < -0.3 is 10.6 Å². The van der Waals surface area contributed by atoms with Gasteiger partial charge in [0.05, 0.1) is 11.0 Å². The normalized spacial score (nSPS) is 28.4. The predicted molar refractivity (Wildman–Crippen MR) is 80.9 cm³/mol. The zero-order chi connectivity index (χ0) is 16.7. The standard InChI is InChI=1S/C17H21F3N2O/c1-11-10-16(11,15(23)22-14-5-7-21-8-6-14)12-3-2-4-13(9-12)17(18,19)20/h2-4,9,11,14,21H,5-8,10H2,1H3,(H,22,23). The van der Waals surface area contributed by atoms with Crippen molar-refractivity contribution in [3.05, 3.63) is 35.4 Å². The number of halogens is 3. The number of piperidine rings is 1. The first-order valence-corrected chi connectivity index (χ1v) is 8.03. The molecule has 2 atom stereocenters. The zero-order valence-electron chi connectivity index (χ0n) is 13.0. The molecule has 0 radical (unpaired) electrons. The number of hydrogen-bond donors (Lipinski definition) is 2. The Bertz CT molecular complexity index is 596. The van der Waals surface area contributed by atoms with Crippen molar-refractivity contribution in [2.24, 2.45) is 5.92 Å². The topological polar surface area (TPSA) is 41.1 Å². The van der Waals surface area contributed by atoms with Gasteiger partial charge in [0.1, 0.15) is 0 Å². The summed E-state index contributed by atoms with van der Waals surface area (Å²) in [5.41, 5.74) is -1.01. The number of rotatable bonds is 3. The van der Waals surface area contributed by atoms with Crippen LogP contribution in [0, 0.1) is 5.92 Å². The molecule has 2 N–H and O–H groups in total. The third-order valence-corrected chi connectivity index (χ3v) is 5.09. The molecule has 1 amide bonds. The van der Waals surface area contributed by atoms with E-state index in [0.717, 1.165) is 38.1 Å². The fraction of sp³-hybridized carbons (Fsp3) is 0.588. The maximum absolute atomic E-state index is 12.9. The Balaban J connectivity index is 1.82. The Morgan fingerprint density at radius 1 is 1.30 bits per heavy atom. The smallest absolute Gasteiger partial charge is 0.352 e. The molecule has 2 aliphatic rings. The lowest BCUT2D eigenvalue weighted by Gasteiger charge is -2.27. The summed E-state index contributed by atoms with van der Waals surface area (Å²) in [7, 11) is 0. The summed E-state index contributed by atoms with van der Waals surface area (Å²) in [6.45, 7) is 3.64. The van der Waals surface area contributed by atoms with Crippen LogP contribution in [0.4, 0.5) is 13.2 Å². The van der Waals surface area contributed by atoms with Crippen LogP contribution in [0.5, 0.6) is 0 Å². The molecule has 0 aromatic heterocycles. The van der Waals surface area contributed by atoms with Gasteiger partial charge in [0.2, 0.25) is 5.91 Å². The van der Waals surface area contributed by atoms with E-state index in [-0.39, 0.29) is 17.9 Å². The second kappa shape index (κ2) is 5.82. The van der Waals surface area contributed by atoms with Crippen molar-refractivity contribution < 1.29 is 18.0 Å². The van der Waals surface area contributed by atoms with Crippen LogP contribution >= 0.6 is 0 Å². The minimum atomic E-state index is -4.39. The number of nitrogens with one attached hydrogen (secondary N) is 2. The molecule has 126 valence electrons. The Labute approximate surface area is 133 Å². The Kier molecular flexibility index (Phi) is 4.12. The fourth-order valence-corrected chi connectivity index (χ4v) is 3.53. The van der Waals surface area contributed by atoms with Gasteiger partial charge in [-0.1, -0.05) is 25.1 Å². The first-order chi connectivity index (χ1) is 10.8. The Morgan fingerprint density at radius 2 is 1.96 bits per heavy atom. The highest BCUT2D eigenvalue weighted by Gasteiger charge is 2.58. The number of carbonyl (C=O) groups is 1. The molecule has 1 aromatic carbocycles. The van der Waals surface area contributed by atoms with Crippen molar-refractivity contribution >= 4 is 5.91 Å². The monoisotopic (exact) mass is 326 g/mol. The van der Waals surface area contributed by atoms with Gasteiger partial charge in [-0.25, -0.2) is 0 Å². The number of amides is 1. The van der Waals surface area contributed by atoms with E-state index in [4.69, 9.17) is 0 Å². The molecule has 2 fully saturated rings. The first-order valence-electron chi connectivity index (χ1n) is 8.03. The third-order valence-electron chi connectivity index (χ3n) is 5.09. The van der Waals surface area contributed by atoms with Crippen LogP contribution in [0.3, 0.4) is 0 Å². The van der Waals surface area contributed by atoms with E-state index < -0.39 is 17.2 Å². The summed E-state index contributed by atoms with van der Waals surface area (Å²) >= 11 is 0. The van der Waals surface area contributed by atoms with Crippen LogP contribution in [0.25, 0.3) is 0 Å². The summed E-state index contributed by atoms with van der Waals surface area (Å²) in [4.78, 5) is 12.8. The molecule has 3 nitrogen and oxygen atoms in total. The van der Waals surface area contributed by atoms with Crippen molar-refractivity contribution in [1.82, 2.24) is 10.6 Å². The maximum Gasteiger partial charge on any atom is 0.416 e. The summed E-state index contributed by atoms with van der Waals surface area (Å²) in [5.74, 6) is -0.0658. The Morgan fingerprint density at radius 3 is 2.52 bits per heavy atom. The maximum atomic E-state index is 12.9. The van der Waals surface area contributed by atoms with E-state index in [9.17, 15) is 18.0 Å². The highest BCUT2D eigenvalue weighted by Crippen LogP contribution is 2.54. The van der Waals surface area contributed by atoms with Gasteiger partial charge in [0.25, 0.3) is 0 Å². The van der Waals surface area contributed by atoms with Crippen LogP contribution in [0.15, 0.2) is 24.3 Å². The molecule has 1 aromatic rings. The zero-order valence-corrected chi connectivity index (χ0v) is 13.0. The van der Waals surface area contributed by atoms with Gasteiger partial charge >= 0.3 is 6.18 Å². The highest BCUT2D eigenvalue weighted by atomic mass is 19.4. The number of benzene rings is 1. The first kappa shape index (κ1) is 16.3. The fourth-order valence-electron chi connectivity index (χ4n) is 3.53. The van der Waals surface area contributed by atoms with E-state index >= 15 is 0 Å². The lowest BCUT2D eigenvalue weighted by Crippen LogP contribution is -2.47. The SMILES string of the molecule is CC1CC1(C(=O)NC1CCNCC1)c1cccc(C(F)(F)F)c1. The number of alkyl halides is 3. The van der Waals surface area contributed by atoms with Gasteiger partial charge in [0, 0.05) is 6.04 Å². The van der Waals surface area contributed by atoms with Crippen molar-refractivity contribution in [1.29, 1.82) is 0 Å². The van der Waals surface area contributed by atoms with Crippen molar-refractivity contribution in [2.45, 2.75) is 43.8 Å². The van der Waals surface area contributed by atoms with Crippen LogP contribution in [-0.2, 0) is 16.4 Å². The van der Waals surface area contributed by atoms with Gasteiger partial charge in [-0.3, -0.25) is 4.79 Å². The third kappa shape index (κ3) is 3.09. The summed E-state index contributed by atoms with van der Waals surface area (Å²) in [6, 6.07) is 5.32. The minimum absolute atomic E-state index is 0.0627. The molecular formula is C17H21F3N2O. The molecule has 1 saturated heterocycles.